The van der Waals surface area contributed by atoms with Crippen molar-refractivity contribution in [2.45, 2.75) is 12.3 Å². The molecule has 0 amide bonds. The molecular formula is C22H16F3NO2. The number of pyridine rings is 1. The second-order valence-electron chi connectivity index (χ2n) is 5.90. The van der Waals surface area contributed by atoms with Gasteiger partial charge in [0.1, 0.15) is 0 Å². The molecule has 0 aliphatic rings. The van der Waals surface area contributed by atoms with Gasteiger partial charge in [-0.2, -0.15) is 13.2 Å². The Morgan fingerprint density at radius 3 is 2.07 bits per heavy atom. The quantitative estimate of drug-likeness (QED) is 0.440. The van der Waals surface area contributed by atoms with E-state index in [2.05, 4.69) is 4.98 Å². The molecule has 3 rings (SSSR count). The van der Waals surface area contributed by atoms with Crippen LogP contribution in [0.2, 0.25) is 0 Å². The van der Waals surface area contributed by atoms with Crippen LogP contribution >= 0.6 is 0 Å². The van der Waals surface area contributed by atoms with E-state index in [0.29, 0.717) is 17.3 Å². The van der Waals surface area contributed by atoms with E-state index in [1.165, 1.54) is 30.5 Å². The normalized spacial score (nSPS) is 13.0. The summed E-state index contributed by atoms with van der Waals surface area (Å²) in [4.78, 5) is 16.6. The molecule has 0 radical (unpaired) electrons. The van der Waals surface area contributed by atoms with Gasteiger partial charge in [0.05, 0.1) is 11.3 Å². The van der Waals surface area contributed by atoms with Crippen LogP contribution in [0.25, 0.3) is 5.57 Å². The third kappa shape index (κ3) is 4.85. The van der Waals surface area contributed by atoms with E-state index in [1.807, 2.05) is 0 Å². The van der Waals surface area contributed by atoms with Gasteiger partial charge in [-0.25, -0.2) is 4.79 Å². The molecule has 0 bridgehead atoms. The number of hydrogen-bond donors (Lipinski definition) is 0. The Labute approximate surface area is 160 Å². The van der Waals surface area contributed by atoms with E-state index in [-0.39, 0.29) is 5.56 Å². The summed E-state index contributed by atoms with van der Waals surface area (Å²) in [6.45, 7) is 0. The van der Waals surface area contributed by atoms with Crippen molar-refractivity contribution >= 4 is 11.5 Å². The predicted octanol–water partition coefficient (Wildman–Crippen LogP) is 5.36. The molecule has 0 spiro atoms. The third-order valence-electron chi connectivity index (χ3n) is 3.95. The number of benzene rings is 2. The molecule has 1 atom stereocenters. The topological polar surface area (TPSA) is 39.2 Å². The van der Waals surface area contributed by atoms with Crippen molar-refractivity contribution in [3.63, 3.8) is 0 Å². The van der Waals surface area contributed by atoms with Crippen LogP contribution in [0, 0.1) is 0 Å². The van der Waals surface area contributed by atoms with Gasteiger partial charge in [0.15, 0.2) is 6.10 Å². The zero-order valence-electron chi connectivity index (χ0n) is 14.6. The van der Waals surface area contributed by atoms with Crippen LogP contribution in [0.5, 0.6) is 0 Å². The number of nitrogens with zero attached hydrogens (tertiary/aromatic N) is 1. The summed E-state index contributed by atoms with van der Waals surface area (Å²) >= 11 is 0. The van der Waals surface area contributed by atoms with Crippen LogP contribution in [-0.4, -0.2) is 17.1 Å². The predicted molar refractivity (Wildman–Crippen MR) is 99.1 cm³/mol. The Kier molecular flexibility index (Phi) is 5.89. The molecule has 28 heavy (non-hydrogen) atoms. The third-order valence-corrected chi connectivity index (χ3v) is 3.95. The number of carbonyl (C=O) groups excluding carboxylic acids is 1. The first kappa shape index (κ1) is 19.4. The first-order valence-electron chi connectivity index (χ1n) is 8.46. The molecular weight excluding hydrogens is 367 g/mol. The summed E-state index contributed by atoms with van der Waals surface area (Å²) in [5.74, 6) is -1.10. The van der Waals surface area contributed by atoms with E-state index in [0.717, 1.165) is 0 Å². The molecule has 0 aliphatic heterocycles. The zero-order chi connectivity index (χ0) is 20.0. The molecule has 1 heterocycles. The molecule has 3 nitrogen and oxygen atoms in total. The fourth-order valence-corrected chi connectivity index (χ4v) is 2.67. The lowest BCUT2D eigenvalue weighted by Gasteiger charge is -2.18. The van der Waals surface area contributed by atoms with Gasteiger partial charge < -0.3 is 4.74 Å². The minimum atomic E-state index is -4.70. The van der Waals surface area contributed by atoms with Crippen molar-refractivity contribution in [3.8, 4) is 0 Å². The standard InChI is InChI=1S/C22H16F3NO2/c23-22(24,25)18(16-9-3-1-4-10-16)15-20(27)28-21(17-11-5-2-6-12-17)19-13-7-8-14-26-19/h1-15,21H/b18-15-. The van der Waals surface area contributed by atoms with Crippen molar-refractivity contribution in [1.29, 1.82) is 0 Å². The summed E-state index contributed by atoms with van der Waals surface area (Å²) in [6.07, 6.45) is -3.61. The molecule has 2 aromatic carbocycles. The Morgan fingerprint density at radius 1 is 0.893 bits per heavy atom. The number of halogens is 3. The Bertz CT molecular complexity index is 900. The summed E-state index contributed by atoms with van der Waals surface area (Å²) in [6, 6.07) is 20.9. The number of hydrogen-bond acceptors (Lipinski definition) is 3. The highest BCUT2D eigenvalue weighted by Gasteiger charge is 2.35. The van der Waals surface area contributed by atoms with Gasteiger partial charge in [-0.05, 0) is 23.3 Å². The van der Waals surface area contributed by atoms with E-state index >= 15 is 0 Å². The van der Waals surface area contributed by atoms with Gasteiger partial charge >= 0.3 is 12.1 Å². The lowest BCUT2D eigenvalue weighted by molar-refractivity contribution is -0.142. The minimum absolute atomic E-state index is 0.110. The SMILES string of the molecule is O=C(/C=C(/c1ccccc1)C(F)(F)F)OC(c1ccccc1)c1ccccn1. The monoisotopic (exact) mass is 383 g/mol. The summed E-state index contributed by atoms with van der Waals surface area (Å²) < 4.78 is 45.8. The van der Waals surface area contributed by atoms with Crippen molar-refractivity contribution in [2.75, 3.05) is 0 Å². The van der Waals surface area contributed by atoms with E-state index in [9.17, 15) is 18.0 Å². The van der Waals surface area contributed by atoms with Crippen molar-refractivity contribution < 1.29 is 22.7 Å². The van der Waals surface area contributed by atoms with Crippen molar-refractivity contribution in [3.05, 3.63) is 108 Å². The molecule has 6 heteroatoms. The first-order chi connectivity index (χ1) is 13.4. The molecule has 1 unspecified atom stereocenters. The van der Waals surface area contributed by atoms with Gasteiger partial charge in [0, 0.05) is 12.3 Å². The van der Waals surface area contributed by atoms with Gasteiger partial charge in [-0.15, -0.1) is 0 Å². The summed E-state index contributed by atoms with van der Waals surface area (Å²) in [5, 5.41) is 0. The zero-order valence-corrected chi connectivity index (χ0v) is 14.6. The molecule has 142 valence electrons. The number of alkyl halides is 3. The number of aromatic nitrogens is 1. The van der Waals surface area contributed by atoms with Gasteiger partial charge in [-0.3, -0.25) is 4.98 Å². The molecule has 3 aromatic rings. The Hall–Kier alpha value is -3.41. The largest absolute Gasteiger partial charge is 0.448 e. The Morgan fingerprint density at radius 2 is 1.50 bits per heavy atom. The number of allylic oxidation sites excluding steroid dienone is 1. The van der Waals surface area contributed by atoms with E-state index in [1.54, 1.807) is 54.6 Å². The maximum atomic E-state index is 13.5. The lowest BCUT2D eigenvalue weighted by atomic mass is 10.0. The molecule has 0 aliphatic carbocycles. The molecule has 0 saturated heterocycles. The van der Waals surface area contributed by atoms with Crippen LogP contribution < -0.4 is 0 Å². The number of esters is 1. The van der Waals surface area contributed by atoms with Crippen LogP contribution in [0.3, 0.4) is 0 Å². The smallest absolute Gasteiger partial charge is 0.417 e. The molecule has 0 saturated carbocycles. The van der Waals surface area contributed by atoms with Gasteiger partial charge in [-0.1, -0.05) is 66.7 Å². The average Bonchev–Trinajstić information content (AvgIpc) is 2.71. The van der Waals surface area contributed by atoms with Gasteiger partial charge in [0.2, 0.25) is 0 Å². The van der Waals surface area contributed by atoms with Crippen LogP contribution in [-0.2, 0) is 9.53 Å². The highest BCUT2D eigenvalue weighted by Crippen LogP contribution is 2.34. The fraction of sp³-hybridized carbons (Fsp3) is 0.0909. The van der Waals surface area contributed by atoms with Gasteiger partial charge in [0.25, 0.3) is 0 Å². The highest BCUT2D eigenvalue weighted by molar-refractivity contribution is 5.92. The Balaban J connectivity index is 1.94. The fourth-order valence-electron chi connectivity index (χ4n) is 2.67. The van der Waals surface area contributed by atoms with E-state index < -0.39 is 23.8 Å². The number of carbonyl (C=O) groups is 1. The maximum absolute atomic E-state index is 13.5. The first-order valence-corrected chi connectivity index (χ1v) is 8.46. The highest BCUT2D eigenvalue weighted by atomic mass is 19.4. The second kappa shape index (κ2) is 8.52. The lowest BCUT2D eigenvalue weighted by Crippen LogP contribution is -2.16. The molecule has 1 aromatic heterocycles. The van der Waals surface area contributed by atoms with Crippen LogP contribution in [0.1, 0.15) is 22.9 Å². The minimum Gasteiger partial charge on any atom is -0.448 e. The average molecular weight is 383 g/mol. The maximum Gasteiger partial charge on any atom is 0.417 e. The van der Waals surface area contributed by atoms with Crippen LogP contribution in [0.4, 0.5) is 13.2 Å². The second-order valence-corrected chi connectivity index (χ2v) is 5.90. The molecule has 0 fully saturated rings. The summed E-state index contributed by atoms with van der Waals surface area (Å²) in [7, 11) is 0. The van der Waals surface area contributed by atoms with Crippen LogP contribution in [0.15, 0.2) is 91.1 Å². The molecule has 0 N–H and O–H groups in total. The number of rotatable bonds is 5. The van der Waals surface area contributed by atoms with Crippen molar-refractivity contribution in [2.24, 2.45) is 0 Å². The van der Waals surface area contributed by atoms with E-state index in [4.69, 9.17) is 4.74 Å². The number of ether oxygens (including phenoxy) is 1. The van der Waals surface area contributed by atoms with Crippen molar-refractivity contribution in [1.82, 2.24) is 4.98 Å². The summed E-state index contributed by atoms with van der Waals surface area (Å²) in [5.41, 5.74) is -0.146.